The van der Waals surface area contributed by atoms with Crippen LogP contribution in [-0.2, 0) is 14.9 Å². The summed E-state index contributed by atoms with van der Waals surface area (Å²) in [6, 6.07) is 21.1. The molecule has 6 heteroatoms. The minimum absolute atomic E-state index is 0.0625. The van der Waals surface area contributed by atoms with Crippen molar-refractivity contribution in [2.24, 2.45) is 4.99 Å². The van der Waals surface area contributed by atoms with Crippen molar-refractivity contribution in [1.29, 1.82) is 0 Å². The molecule has 1 aliphatic heterocycles. The first-order valence-corrected chi connectivity index (χ1v) is 23.6. The van der Waals surface area contributed by atoms with E-state index in [0.29, 0.717) is 0 Å². The van der Waals surface area contributed by atoms with E-state index < -0.39 is 14.9 Å². The van der Waals surface area contributed by atoms with Crippen molar-refractivity contribution in [3.8, 4) is 11.1 Å². The maximum atomic E-state index is 7.70. The van der Waals surface area contributed by atoms with E-state index in [1.54, 1.807) is 0 Å². The van der Waals surface area contributed by atoms with Crippen LogP contribution in [0, 0.1) is 0 Å². The number of hydrogen-bond acceptors (Lipinski definition) is 2. The van der Waals surface area contributed by atoms with Crippen LogP contribution in [0.3, 0.4) is 0 Å². The van der Waals surface area contributed by atoms with Crippen molar-refractivity contribution in [2.75, 3.05) is 0 Å². The predicted octanol–water partition coefficient (Wildman–Crippen LogP) is 7.77. The first kappa shape index (κ1) is 20.7. The standard InChI is InChI=1S/C13H9.C12H7BrN.2ClH.H2S.Zr/c1-3-7-12-10(5-1)9-11-6-2-4-8-13(11)12;13-10-1-2-11-9(6-10)5-8-3-4-14-7-12(8)11;;;;/h1-9H;1,3-7,12H;2*1H;1H2;/q;;;;;+3/p-3. The van der Waals surface area contributed by atoms with Crippen LogP contribution in [0.5, 0.6) is 0 Å². The van der Waals surface area contributed by atoms with Gasteiger partial charge in [0.05, 0.1) is 0 Å². The molecule has 1 atom stereocenters. The second kappa shape index (κ2) is 7.05. The van der Waals surface area contributed by atoms with E-state index in [2.05, 4.69) is 93.7 Å². The first-order valence-electron chi connectivity index (χ1n) is 10.1. The van der Waals surface area contributed by atoms with Gasteiger partial charge in [-0.2, -0.15) is 0 Å². The molecule has 153 valence electrons. The molecule has 0 saturated carbocycles. The maximum absolute atomic E-state index is 7.70. The Morgan fingerprint density at radius 2 is 1.58 bits per heavy atom. The van der Waals surface area contributed by atoms with Crippen LogP contribution in [-0.4, -0.2) is 6.21 Å². The molecule has 0 N–H and O–H groups in total. The van der Waals surface area contributed by atoms with E-state index in [0.717, 1.165) is 18.9 Å². The zero-order valence-electron chi connectivity index (χ0n) is 16.3. The Hall–Kier alpha value is -0.897. The van der Waals surface area contributed by atoms with Gasteiger partial charge >= 0.3 is 204 Å². The van der Waals surface area contributed by atoms with Gasteiger partial charge in [-0.3, -0.25) is 0 Å². The number of benzene rings is 3. The van der Waals surface area contributed by atoms with Gasteiger partial charge in [0, 0.05) is 0 Å². The van der Waals surface area contributed by atoms with E-state index in [1.165, 1.54) is 27.8 Å². The van der Waals surface area contributed by atoms with Gasteiger partial charge in [0.1, 0.15) is 0 Å². The van der Waals surface area contributed by atoms with Crippen LogP contribution in [0.1, 0.15) is 31.8 Å². The van der Waals surface area contributed by atoms with Crippen molar-refractivity contribution in [3.05, 3.63) is 105 Å². The molecule has 0 fully saturated rings. The van der Waals surface area contributed by atoms with Crippen molar-refractivity contribution in [1.82, 2.24) is 0 Å². The van der Waals surface area contributed by atoms with Crippen LogP contribution in [0.2, 0.25) is 0 Å². The Bertz CT molecular complexity index is 1320. The van der Waals surface area contributed by atoms with E-state index in [-0.39, 0.29) is 9.54 Å². The van der Waals surface area contributed by atoms with E-state index in [9.17, 15) is 0 Å². The number of fused-ring (bicyclic) bond motifs is 6. The molecule has 0 radical (unpaired) electrons. The van der Waals surface area contributed by atoms with Crippen molar-refractivity contribution >= 4 is 57.9 Å². The monoisotopic (exact) mass is 602 g/mol. The SMILES string of the molecule is [SH][Zr]([Cl])([Cl])([c]1cc(Br)cc2c1C1C=NC=CC1=C2)[CH]1c2ccccc2-c2ccccc21. The second-order valence-electron chi connectivity index (χ2n) is 8.33. The van der Waals surface area contributed by atoms with Crippen LogP contribution in [0.15, 0.2) is 88.0 Å². The molecule has 0 aromatic heterocycles. The molecule has 0 bridgehead atoms. The van der Waals surface area contributed by atoms with Crippen LogP contribution in [0.4, 0.5) is 0 Å². The summed E-state index contributed by atoms with van der Waals surface area (Å²) in [7, 11) is 20.7. The van der Waals surface area contributed by atoms with E-state index in [4.69, 9.17) is 26.4 Å². The van der Waals surface area contributed by atoms with Gasteiger partial charge in [0.2, 0.25) is 0 Å². The van der Waals surface area contributed by atoms with Gasteiger partial charge < -0.3 is 0 Å². The Kier molecular flexibility index (Phi) is 4.71. The summed E-state index contributed by atoms with van der Waals surface area (Å²) < 4.78 is 1.82. The summed E-state index contributed by atoms with van der Waals surface area (Å²) in [5.41, 5.74) is 8.25. The minimum atomic E-state index is -4.98. The molecule has 0 spiro atoms. The summed E-state index contributed by atoms with van der Waals surface area (Å²) in [5.74, 6) is 0.0625. The molecule has 1 nitrogen and oxygen atoms in total. The summed E-state index contributed by atoms with van der Waals surface area (Å²) in [6.07, 6.45) is 8.09. The molecular formula is C25H17BrCl2NSZr. The fraction of sp³-hybridized carbons (Fsp3) is 0.0800. The molecule has 6 rings (SSSR count). The summed E-state index contributed by atoms with van der Waals surface area (Å²) in [4.78, 5) is 4.41. The fourth-order valence-electron chi connectivity index (χ4n) is 5.33. The van der Waals surface area contributed by atoms with Crippen LogP contribution < -0.4 is 3.27 Å². The molecule has 1 unspecified atom stereocenters. The Balaban J connectivity index is 1.64. The molecule has 0 amide bonds. The Morgan fingerprint density at radius 3 is 2.26 bits per heavy atom. The van der Waals surface area contributed by atoms with Crippen LogP contribution >= 0.6 is 42.3 Å². The number of rotatable bonds is 2. The number of thiol groups is 1. The molecule has 3 aromatic rings. The molecular weight excluding hydrogens is 588 g/mol. The van der Waals surface area contributed by atoms with Gasteiger partial charge in [-0.15, -0.1) is 0 Å². The molecule has 0 saturated heterocycles. The van der Waals surface area contributed by atoms with Gasteiger partial charge in [0.25, 0.3) is 0 Å². The first-order chi connectivity index (χ1) is 14.8. The zero-order valence-corrected chi connectivity index (χ0v) is 22.7. The zero-order chi connectivity index (χ0) is 21.4. The number of hydrogen-bond donors (Lipinski definition) is 1. The number of nitrogens with zero attached hydrogens (tertiary/aromatic N) is 1. The average molecular weight is 606 g/mol. The quantitative estimate of drug-likeness (QED) is 0.287. The molecule has 31 heavy (non-hydrogen) atoms. The fourth-order valence-corrected chi connectivity index (χ4v) is 21.2. The third-order valence-corrected chi connectivity index (χ3v) is 22.3. The van der Waals surface area contributed by atoms with Crippen LogP contribution in [0.25, 0.3) is 17.2 Å². The van der Waals surface area contributed by atoms with Gasteiger partial charge in [-0.05, 0) is 0 Å². The van der Waals surface area contributed by atoms with Gasteiger partial charge in [-0.25, -0.2) is 0 Å². The van der Waals surface area contributed by atoms with Crippen molar-refractivity contribution in [3.63, 3.8) is 0 Å². The van der Waals surface area contributed by atoms with Gasteiger partial charge in [0.15, 0.2) is 0 Å². The molecule has 2 aliphatic carbocycles. The second-order valence-corrected chi connectivity index (χ2v) is 36.1. The van der Waals surface area contributed by atoms with E-state index in [1.807, 2.05) is 12.4 Å². The topological polar surface area (TPSA) is 12.4 Å². The molecule has 3 aromatic carbocycles. The summed E-state index contributed by atoms with van der Waals surface area (Å²) >= 11 is -1.27. The third kappa shape index (κ3) is 3.02. The number of halogens is 3. The van der Waals surface area contributed by atoms with E-state index >= 15 is 0 Å². The predicted molar refractivity (Wildman–Crippen MR) is 137 cm³/mol. The molecule has 3 aliphatic rings. The average Bonchev–Trinajstić information content (AvgIpc) is 3.28. The summed E-state index contributed by atoms with van der Waals surface area (Å²) in [5, 5.41) is 0. The number of aliphatic imine (C=N–C) groups is 1. The third-order valence-electron chi connectivity index (χ3n) is 6.56. The van der Waals surface area contributed by atoms with Gasteiger partial charge in [-0.1, -0.05) is 0 Å². The van der Waals surface area contributed by atoms with Crippen molar-refractivity contribution in [2.45, 2.75) is 9.54 Å². The molecule has 1 heterocycles. The number of allylic oxidation sites excluding steroid dienone is 2. The Morgan fingerprint density at radius 1 is 0.935 bits per heavy atom. The van der Waals surface area contributed by atoms with Crippen molar-refractivity contribution < 1.29 is 14.9 Å². The Labute approximate surface area is 201 Å². The normalized spacial score (nSPS) is 19.8. The summed E-state index contributed by atoms with van der Waals surface area (Å²) in [6.45, 7) is 0.